The number of likely N-dealkylation sites (tertiary alicyclic amines) is 1. The Bertz CT molecular complexity index is 475. The van der Waals surface area contributed by atoms with E-state index in [9.17, 15) is 4.79 Å². The molecule has 0 aromatic heterocycles. The molecule has 0 radical (unpaired) electrons. The van der Waals surface area contributed by atoms with Gasteiger partial charge >= 0.3 is 0 Å². The summed E-state index contributed by atoms with van der Waals surface area (Å²) in [4.78, 5) is 13.9. The summed E-state index contributed by atoms with van der Waals surface area (Å²) in [5, 5.41) is 0. The van der Waals surface area contributed by atoms with Crippen LogP contribution in [0.25, 0.3) is 0 Å². The summed E-state index contributed by atoms with van der Waals surface area (Å²) in [5.41, 5.74) is 6.75. The van der Waals surface area contributed by atoms with Crippen LogP contribution in [-0.2, 0) is 11.2 Å². The van der Waals surface area contributed by atoms with E-state index in [1.165, 1.54) is 0 Å². The maximum Gasteiger partial charge on any atom is 0.231 e. The third-order valence-corrected chi connectivity index (χ3v) is 3.37. The van der Waals surface area contributed by atoms with Gasteiger partial charge in [-0.1, -0.05) is 6.07 Å². The fraction of sp³-hybridized carbons (Fsp3) is 0.462. The fourth-order valence-electron chi connectivity index (χ4n) is 2.35. The van der Waals surface area contributed by atoms with Crippen molar-refractivity contribution in [1.29, 1.82) is 0 Å². The lowest BCUT2D eigenvalue weighted by molar-refractivity contribution is -0.129. The lowest BCUT2D eigenvalue weighted by atomic mass is 10.1. The number of nitrogens with two attached hydrogens (primary N) is 1. The zero-order valence-electron chi connectivity index (χ0n) is 10.1. The van der Waals surface area contributed by atoms with E-state index in [1.54, 1.807) is 0 Å². The van der Waals surface area contributed by atoms with Crippen molar-refractivity contribution in [3.05, 3.63) is 23.8 Å². The molecule has 2 aliphatic heterocycles. The van der Waals surface area contributed by atoms with Crippen LogP contribution in [0.4, 0.5) is 0 Å². The van der Waals surface area contributed by atoms with Gasteiger partial charge in [0.1, 0.15) is 0 Å². The summed E-state index contributed by atoms with van der Waals surface area (Å²) in [6.45, 7) is 1.70. The van der Waals surface area contributed by atoms with Crippen LogP contribution in [0, 0.1) is 0 Å². The highest BCUT2D eigenvalue weighted by molar-refractivity contribution is 5.79. The minimum atomic E-state index is 0.127. The van der Waals surface area contributed by atoms with Crippen molar-refractivity contribution in [2.75, 3.05) is 19.9 Å². The lowest BCUT2D eigenvalue weighted by Gasteiger charge is -2.15. The number of nitrogens with zero attached hydrogens (tertiary/aromatic N) is 1. The molecule has 5 nitrogen and oxygen atoms in total. The SMILES string of the molecule is N[C@H]1CCN(C(=O)Cc2ccc3c(c2)OCO3)C1. The van der Waals surface area contributed by atoms with Gasteiger partial charge in [-0.25, -0.2) is 0 Å². The molecule has 1 aromatic rings. The fourth-order valence-corrected chi connectivity index (χ4v) is 2.35. The molecule has 96 valence electrons. The monoisotopic (exact) mass is 248 g/mol. The van der Waals surface area contributed by atoms with Gasteiger partial charge in [0.05, 0.1) is 6.42 Å². The van der Waals surface area contributed by atoms with Gasteiger partial charge in [0, 0.05) is 19.1 Å². The zero-order valence-corrected chi connectivity index (χ0v) is 10.1. The van der Waals surface area contributed by atoms with E-state index in [4.69, 9.17) is 15.2 Å². The average molecular weight is 248 g/mol. The van der Waals surface area contributed by atoms with Gasteiger partial charge in [-0.05, 0) is 24.1 Å². The molecule has 1 aromatic carbocycles. The lowest BCUT2D eigenvalue weighted by Crippen LogP contribution is -2.32. The Morgan fingerprint density at radius 2 is 2.22 bits per heavy atom. The van der Waals surface area contributed by atoms with Gasteiger partial charge in [0.15, 0.2) is 11.5 Å². The molecule has 2 N–H and O–H groups in total. The minimum Gasteiger partial charge on any atom is -0.454 e. The molecule has 18 heavy (non-hydrogen) atoms. The molecule has 2 heterocycles. The molecule has 1 amide bonds. The number of ether oxygens (including phenoxy) is 2. The Hall–Kier alpha value is -1.75. The molecule has 2 aliphatic rings. The molecule has 0 unspecified atom stereocenters. The smallest absolute Gasteiger partial charge is 0.231 e. The normalized spacial score (nSPS) is 21.4. The highest BCUT2D eigenvalue weighted by Gasteiger charge is 2.24. The van der Waals surface area contributed by atoms with E-state index < -0.39 is 0 Å². The van der Waals surface area contributed by atoms with Crippen LogP contribution in [0.1, 0.15) is 12.0 Å². The molecule has 0 bridgehead atoms. The zero-order chi connectivity index (χ0) is 12.5. The number of hydrogen-bond acceptors (Lipinski definition) is 4. The first-order valence-electron chi connectivity index (χ1n) is 6.14. The van der Waals surface area contributed by atoms with Gasteiger partial charge in [0.25, 0.3) is 0 Å². The minimum absolute atomic E-state index is 0.127. The number of carbonyl (C=O) groups is 1. The highest BCUT2D eigenvalue weighted by Crippen LogP contribution is 2.32. The van der Waals surface area contributed by atoms with Crippen LogP contribution in [0.5, 0.6) is 11.5 Å². The van der Waals surface area contributed by atoms with Crippen molar-refractivity contribution in [3.63, 3.8) is 0 Å². The van der Waals surface area contributed by atoms with Gasteiger partial charge in [-0.15, -0.1) is 0 Å². The van der Waals surface area contributed by atoms with Crippen LogP contribution in [0.15, 0.2) is 18.2 Å². The summed E-state index contributed by atoms with van der Waals surface area (Å²) >= 11 is 0. The van der Waals surface area contributed by atoms with Gasteiger partial charge < -0.3 is 20.1 Å². The van der Waals surface area contributed by atoms with E-state index in [2.05, 4.69) is 0 Å². The molecular weight excluding hydrogens is 232 g/mol. The second-order valence-electron chi connectivity index (χ2n) is 4.75. The Morgan fingerprint density at radius 3 is 3.00 bits per heavy atom. The largest absolute Gasteiger partial charge is 0.454 e. The maximum absolute atomic E-state index is 12.1. The number of benzene rings is 1. The molecule has 0 saturated carbocycles. The number of amides is 1. The van der Waals surface area contributed by atoms with Gasteiger partial charge in [-0.3, -0.25) is 4.79 Å². The van der Waals surface area contributed by atoms with Crippen LogP contribution in [-0.4, -0.2) is 36.7 Å². The van der Waals surface area contributed by atoms with Gasteiger partial charge in [-0.2, -0.15) is 0 Å². The number of hydrogen-bond donors (Lipinski definition) is 1. The maximum atomic E-state index is 12.1. The number of rotatable bonds is 2. The standard InChI is InChI=1S/C13H16N2O3/c14-10-3-4-15(7-10)13(16)6-9-1-2-11-12(5-9)18-8-17-11/h1-2,5,10H,3-4,6-8,14H2/t10-/m0/s1. The molecular formula is C13H16N2O3. The van der Waals surface area contributed by atoms with Crippen molar-refractivity contribution in [1.82, 2.24) is 4.90 Å². The van der Waals surface area contributed by atoms with Crippen molar-refractivity contribution in [2.24, 2.45) is 5.73 Å². The first-order valence-corrected chi connectivity index (χ1v) is 6.14. The second kappa shape index (κ2) is 4.49. The molecule has 3 rings (SSSR count). The molecule has 1 saturated heterocycles. The number of fused-ring (bicyclic) bond motifs is 1. The summed E-state index contributed by atoms with van der Waals surface area (Å²) in [6.07, 6.45) is 1.29. The summed E-state index contributed by atoms with van der Waals surface area (Å²) < 4.78 is 10.5. The molecule has 1 atom stereocenters. The van der Waals surface area contributed by atoms with Crippen LogP contribution in [0.2, 0.25) is 0 Å². The number of carbonyl (C=O) groups excluding carboxylic acids is 1. The molecule has 0 aliphatic carbocycles. The predicted molar refractivity (Wildman–Crippen MR) is 65.4 cm³/mol. The third kappa shape index (κ3) is 2.13. The van der Waals surface area contributed by atoms with E-state index >= 15 is 0 Å². The van der Waals surface area contributed by atoms with Crippen molar-refractivity contribution in [2.45, 2.75) is 18.9 Å². The predicted octanol–water partition coefficient (Wildman–Crippen LogP) is 0.517. The van der Waals surface area contributed by atoms with Crippen molar-refractivity contribution < 1.29 is 14.3 Å². The molecule has 0 spiro atoms. The first kappa shape index (κ1) is 11.3. The molecule has 5 heteroatoms. The summed E-state index contributed by atoms with van der Waals surface area (Å²) in [6, 6.07) is 5.75. The van der Waals surface area contributed by atoms with E-state index in [1.807, 2.05) is 23.1 Å². The second-order valence-corrected chi connectivity index (χ2v) is 4.75. The Labute approximate surface area is 105 Å². The molecule has 1 fully saturated rings. The first-order chi connectivity index (χ1) is 8.72. The van der Waals surface area contributed by atoms with Crippen LogP contribution < -0.4 is 15.2 Å². The summed E-state index contributed by atoms with van der Waals surface area (Å²) in [5.74, 6) is 1.59. The van der Waals surface area contributed by atoms with Crippen molar-refractivity contribution in [3.8, 4) is 11.5 Å². The van der Waals surface area contributed by atoms with Crippen LogP contribution >= 0.6 is 0 Å². The van der Waals surface area contributed by atoms with E-state index in [0.29, 0.717) is 13.0 Å². The summed E-state index contributed by atoms with van der Waals surface area (Å²) in [7, 11) is 0. The van der Waals surface area contributed by atoms with Crippen LogP contribution in [0.3, 0.4) is 0 Å². The Balaban J connectivity index is 1.67. The Kier molecular flexibility index (Phi) is 2.83. The topological polar surface area (TPSA) is 64.8 Å². The van der Waals surface area contributed by atoms with E-state index in [0.717, 1.165) is 30.0 Å². The van der Waals surface area contributed by atoms with Crippen molar-refractivity contribution >= 4 is 5.91 Å². The Morgan fingerprint density at radius 1 is 1.39 bits per heavy atom. The third-order valence-electron chi connectivity index (χ3n) is 3.37. The van der Waals surface area contributed by atoms with Gasteiger partial charge in [0.2, 0.25) is 12.7 Å². The van der Waals surface area contributed by atoms with E-state index in [-0.39, 0.29) is 18.7 Å². The quantitative estimate of drug-likeness (QED) is 0.828. The average Bonchev–Trinajstić information content (AvgIpc) is 2.96. The highest BCUT2D eigenvalue weighted by atomic mass is 16.7.